The van der Waals surface area contributed by atoms with E-state index in [9.17, 15) is 18.0 Å². The number of ether oxygens (including phenoxy) is 1. The van der Waals surface area contributed by atoms with Crippen LogP contribution in [0.4, 0.5) is 5.69 Å². The Morgan fingerprint density at radius 3 is 2.87 bits per heavy atom. The minimum Gasteiger partial charge on any atom is -0.482 e. The maximum absolute atomic E-state index is 13.2. The van der Waals surface area contributed by atoms with Gasteiger partial charge in [-0.25, -0.2) is 8.42 Å². The molecule has 4 rings (SSSR count). The van der Waals surface area contributed by atoms with Crippen LogP contribution in [0.1, 0.15) is 48.9 Å². The van der Waals surface area contributed by atoms with E-state index in [1.54, 1.807) is 19.9 Å². The van der Waals surface area contributed by atoms with Gasteiger partial charge in [-0.1, -0.05) is 24.3 Å². The Kier molecular flexibility index (Phi) is 5.75. The summed E-state index contributed by atoms with van der Waals surface area (Å²) in [5, 5.41) is 4.79. The summed E-state index contributed by atoms with van der Waals surface area (Å²) in [6.45, 7) is 3.06. The molecule has 0 saturated heterocycles. The van der Waals surface area contributed by atoms with Crippen molar-refractivity contribution in [1.82, 2.24) is 5.32 Å². The SMILES string of the molecule is Cc1cc2c(cc1S(=O)(=O)C(C)CC(=O)NC1CCCc3ccccc31)OCC(=O)N2. The zero-order valence-electron chi connectivity index (χ0n) is 17.6. The molecule has 0 aromatic heterocycles. The van der Waals surface area contributed by atoms with Crippen molar-refractivity contribution in [2.75, 3.05) is 11.9 Å². The standard InChI is InChI=1S/C23H26N2O5S/c1-14-10-19-20(30-13-23(27)25-19)12-21(14)31(28,29)15(2)11-22(26)24-18-9-5-7-16-6-3-4-8-17(16)18/h3-4,6,8,10,12,15,18H,5,7,9,11,13H2,1-2H3,(H,24,26)(H,25,27). The molecule has 2 atom stereocenters. The van der Waals surface area contributed by atoms with Crippen molar-refractivity contribution >= 4 is 27.3 Å². The Hall–Kier alpha value is -2.87. The zero-order chi connectivity index (χ0) is 22.2. The van der Waals surface area contributed by atoms with Crippen molar-refractivity contribution in [2.45, 2.75) is 55.7 Å². The quantitative estimate of drug-likeness (QED) is 0.741. The topological polar surface area (TPSA) is 102 Å². The van der Waals surface area contributed by atoms with E-state index in [1.165, 1.54) is 11.6 Å². The highest BCUT2D eigenvalue weighted by atomic mass is 32.2. The van der Waals surface area contributed by atoms with Gasteiger partial charge in [-0.2, -0.15) is 0 Å². The van der Waals surface area contributed by atoms with Crippen molar-refractivity contribution in [3.8, 4) is 5.75 Å². The lowest BCUT2D eigenvalue weighted by molar-refractivity contribution is -0.122. The van der Waals surface area contributed by atoms with Gasteiger partial charge in [0.25, 0.3) is 5.91 Å². The van der Waals surface area contributed by atoms with E-state index in [-0.39, 0.29) is 35.8 Å². The van der Waals surface area contributed by atoms with Gasteiger partial charge in [0.05, 0.1) is 21.9 Å². The molecule has 1 heterocycles. The smallest absolute Gasteiger partial charge is 0.262 e. The fraction of sp³-hybridized carbons (Fsp3) is 0.391. The summed E-state index contributed by atoms with van der Waals surface area (Å²) in [6.07, 6.45) is 2.69. The molecule has 2 N–H and O–H groups in total. The third-order valence-corrected chi connectivity index (χ3v) is 8.20. The number of carbonyl (C=O) groups is 2. The number of nitrogens with one attached hydrogen (secondary N) is 2. The summed E-state index contributed by atoms with van der Waals surface area (Å²) in [5.74, 6) is -0.243. The van der Waals surface area contributed by atoms with Gasteiger partial charge in [0, 0.05) is 12.5 Å². The van der Waals surface area contributed by atoms with Gasteiger partial charge in [-0.15, -0.1) is 0 Å². The number of aryl methyl sites for hydroxylation is 2. The molecule has 1 aliphatic carbocycles. The molecule has 2 unspecified atom stereocenters. The number of rotatable bonds is 5. The Morgan fingerprint density at radius 2 is 2.06 bits per heavy atom. The number of hydrogen-bond donors (Lipinski definition) is 2. The predicted octanol–water partition coefficient (Wildman–Crippen LogP) is 3.07. The fourth-order valence-electron chi connectivity index (χ4n) is 4.27. The molecule has 2 amide bonds. The van der Waals surface area contributed by atoms with E-state index in [4.69, 9.17) is 4.74 Å². The molecule has 7 nitrogen and oxygen atoms in total. The first-order valence-electron chi connectivity index (χ1n) is 10.4. The predicted molar refractivity (Wildman–Crippen MR) is 117 cm³/mol. The second kappa shape index (κ2) is 8.34. The largest absolute Gasteiger partial charge is 0.482 e. The van der Waals surface area contributed by atoms with Crippen LogP contribution < -0.4 is 15.4 Å². The van der Waals surface area contributed by atoms with Crippen LogP contribution in [-0.2, 0) is 25.8 Å². The first kappa shape index (κ1) is 21.4. The summed E-state index contributed by atoms with van der Waals surface area (Å²) in [6, 6.07) is 11.0. The van der Waals surface area contributed by atoms with Gasteiger partial charge in [-0.3, -0.25) is 9.59 Å². The molecular formula is C23H26N2O5S. The van der Waals surface area contributed by atoms with E-state index < -0.39 is 15.1 Å². The number of fused-ring (bicyclic) bond motifs is 2. The Labute approximate surface area is 182 Å². The highest BCUT2D eigenvalue weighted by molar-refractivity contribution is 7.92. The van der Waals surface area contributed by atoms with Gasteiger partial charge in [0.1, 0.15) is 5.75 Å². The molecule has 0 fully saturated rings. The Balaban J connectivity index is 1.49. The van der Waals surface area contributed by atoms with Crippen LogP contribution in [0.5, 0.6) is 5.75 Å². The number of anilines is 1. The minimum atomic E-state index is -3.77. The molecule has 0 spiro atoms. The van der Waals surface area contributed by atoms with Gasteiger partial charge < -0.3 is 15.4 Å². The van der Waals surface area contributed by atoms with Crippen molar-refractivity contribution in [3.63, 3.8) is 0 Å². The highest BCUT2D eigenvalue weighted by Gasteiger charge is 2.30. The molecular weight excluding hydrogens is 416 g/mol. The minimum absolute atomic E-state index is 0.0881. The molecule has 2 aromatic rings. The molecule has 8 heteroatoms. The number of carbonyl (C=O) groups excluding carboxylic acids is 2. The highest BCUT2D eigenvalue weighted by Crippen LogP contribution is 2.35. The molecule has 2 aliphatic rings. The van der Waals surface area contributed by atoms with Crippen molar-refractivity contribution in [3.05, 3.63) is 53.1 Å². The normalized spacial score (nSPS) is 18.8. The zero-order valence-corrected chi connectivity index (χ0v) is 18.4. The lowest BCUT2D eigenvalue weighted by atomic mass is 9.87. The molecule has 0 radical (unpaired) electrons. The summed E-state index contributed by atoms with van der Waals surface area (Å²) in [5.41, 5.74) is 3.30. The Morgan fingerprint density at radius 1 is 1.29 bits per heavy atom. The molecule has 1 aliphatic heterocycles. The summed E-state index contributed by atoms with van der Waals surface area (Å²) in [7, 11) is -3.77. The first-order valence-corrected chi connectivity index (χ1v) is 12.0. The van der Waals surface area contributed by atoms with Gasteiger partial charge >= 0.3 is 0 Å². The van der Waals surface area contributed by atoms with Crippen molar-refractivity contribution < 1.29 is 22.7 Å². The van der Waals surface area contributed by atoms with E-state index in [0.717, 1.165) is 24.8 Å². The van der Waals surface area contributed by atoms with E-state index in [1.807, 2.05) is 18.2 Å². The third-order valence-electron chi connectivity index (χ3n) is 5.92. The Bertz CT molecular complexity index is 1140. The van der Waals surface area contributed by atoms with Crippen LogP contribution in [0.25, 0.3) is 0 Å². The van der Waals surface area contributed by atoms with Crippen LogP contribution in [0.15, 0.2) is 41.3 Å². The number of amides is 2. The first-order chi connectivity index (χ1) is 14.8. The number of sulfone groups is 1. The van der Waals surface area contributed by atoms with Gasteiger partial charge in [0.15, 0.2) is 16.4 Å². The van der Waals surface area contributed by atoms with E-state index in [0.29, 0.717) is 17.0 Å². The molecule has 164 valence electrons. The maximum atomic E-state index is 13.2. The van der Waals surface area contributed by atoms with Crippen LogP contribution in [-0.4, -0.2) is 32.1 Å². The second-order valence-electron chi connectivity index (χ2n) is 8.22. The van der Waals surface area contributed by atoms with Crippen LogP contribution in [0, 0.1) is 6.92 Å². The average molecular weight is 443 g/mol. The number of hydrogen-bond acceptors (Lipinski definition) is 5. The fourth-order valence-corrected chi connectivity index (χ4v) is 5.85. The maximum Gasteiger partial charge on any atom is 0.262 e. The molecule has 0 bridgehead atoms. The lowest BCUT2D eigenvalue weighted by Gasteiger charge is -2.27. The monoisotopic (exact) mass is 442 g/mol. The molecule has 0 saturated carbocycles. The van der Waals surface area contributed by atoms with Crippen molar-refractivity contribution in [2.24, 2.45) is 0 Å². The second-order valence-corrected chi connectivity index (χ2v) is 10.6. The number of benzene rings is 2. The summed E-state index contributed by atoms with van der Waals surface area (Å²) >= 11 is 0. The average Bonchev–Trinajstić information content (AvgIpc) is 2.73. The van der Waals surface area contributed by atoms with Crippen molar-refractivity contribution in [1.29, 1.82) is 0 Å². The lowest BCUT2D eigenvalue weighted by Crippen LogP contribution is -2.34. The van der Waals surface area contributed by atoms with Crippen LogP contribution in [0.2, 0.25) is 0 Å². The van der Waals surface area contributed by atoms with Crippen LogP contribution >= 0.6 is 0 Å². The van der Waals surface area contributed by atoms with Gasteiger partial charge in [0.2, 0.25) is 5.91 Å². The van der Waals surface area contributed by atoms with Gasteiger partial charge in [-0.05, 0) is 55.9 Å². The van der Waals surface area contributed by atoms with E-state index >= 15 is 0 Å². The van der Waals surface area contributed by atoms with E-state index in [2.05, 4.69) is 16.7 Å². The third kappa shape index (κ3) is 4.30. The summed E-state index contributed by atoms with van der Waals surface area (Å²) < 4.78 is 31.8. The molecule has 2 aromatic carbocycles. The molecule has 31 heavy (non-hydrogen) atoms. The van der Waals surface area contributed by atoms with Crippen LogP contribution in [0.3, 0.4) is 0 Å². The summed E-state index contributed by atoms with van der Waals surface area (Å²) in [4.78, 5) is 24.3.